The Kier molecular flexibility index (Phi) is 6.41. The first kappa shape index (κ1) is 14.9. The van der Waals surface area contributed by atoms with Gasteiger partial charge in [0.05, 0.1) is 12.6 Å². The first-order valence-corrected chi connectivity index (χ1v) is 6.88. The highest BCUT2D eigenvalue weighted by Gasteiger charge is 2.40. The van der Waals surface area contributed by atoms with Gasteiger partial charge in [0.1, 0.15) is 0 Å². The Balaban J connectivity index is 2.78. The predicted molar refractivity (Wildman–Crippen MR) is 71.7 cm³/mol. The molecule has 0 spiro atoms. The molecular formula is C13H29N3O. The maximum absolute atomic E-state index is 5.76. The van der Waals surface area contributed by atoms with Crippen molar-refractivity contribution in [3.05, 3.63) is 0 Å². The van der Waals surface area contributed by atoms with Gasteiger partial charge in [-0.05, 0) is 33.9 Å². The molecule has 1 atom stereocenters. The summed E-state index contributed by atoms with van der Waals surface area (Å²) in [5.41, 5.74) is 3.14. The Morgan fingerprint density at radius 3 is 2.24 bits per heavy atom. The van der Waals surface area contributed by atoms with Gasteiger partial charge in [-0.1, -0.05) is 25.7 Å². The van der Waals surface area contributed by atoms with Crippen molar-refractivity contribution in [2.24, 2.45) is 5.84 Å². The van der Waals surface area contributed by atoms with Crippen LogP contribution < -0.4 is 11.3 Å². The zero-order valence-electron chi connectivity index (χ0n) is 11.7. The summed E-state index contributed by atoms with van der Waals surface area (Å²) >= 11 is 0. The van der Waals surface area contributed by atoms with Crippen LogP contribution in [0.1, 0.15) is 45.4 Å². The molecule has 0 radical (unpaired) electrons. The van der Waals surface area contributed by atoms with Gasteiger partial charge < -0.3 is 9.64 Å². The Morgan fingerprint density at radius 2 is 1.82 bits per heavy atom. The van der Waals surface area contributed by atoms with Crippen molar-refractivity contribution in [1.82, 2.24) is 10.3 Å². The number of rotatable bonds is 6. The average molecular weight is 243 g/mol. The van der Waals surface area contributed by atoms with Crippen LogP contribution in [0.2, 0.25) is 0 Å². The molecule has 0 bridgehead atoms. The molecule has 1 aliphatic rings. The Morgan fingerprint density at radius 1 is 1.24 bits per heavy atom. The molecule has 3 N–H and O–H groups in total. The minimum Gasteiger partial charge on any atom is -0.380 e. The molecule has 1 fully saturated rings. The SMILES string of the molecule is CCOCC(NN)C1(N(C)C)CCCCCC1. The minimum atomic E-state index is 0.153. The lowest BCUT2D eigenvalue weighted by Gasteiger charge is -2.45. The van der Waals surface area contributed by atoms with E-state index in [0.29, 0.717) is 6.61 Å². The highest BCUT2D eigenvalue weighted by molar-refractivity contribution is 4.99. The molecular weight excluding hydrogens is 214 g/mol. The van der Waals surface area contributed by atoms with Crippen molar-refractivity contribution < 1.29 is 4.74 Å². The number of nitrogens with one attached hydrogen (secondary N) is 1. The normalized spacial score (nSPS) is 22.4. The van der Waals surface area contributed by atoms with Gasteiger partial charge in [-0.25, -0.2) is 0 Å². The molecule has 4 nitrogen and oxygen atoms in total. The highest BCUT2D eigenvalue weighted by atomic mass is 16.5. The first-order chi connectivity index (χ1) is 8.17. The average Bonchev–Trinajstić information content (AvgIpc) is 2.57. The summed E-state index contributed by atoms with van der Waals surface area (Å²) in [6, 6.07) is 0.218. The van der Waals surface area contributed by atoms with E-state index in [1.807, 2.05) is 6.92 Å². The fourth-order valence-electron chi connectivity index (χ4n) is 3.04. The zero-order chi connectivity index (χ0) is 12.7. The fourth-order valence-corrected chi connectivity index (χ4v) is 3.04. The van der Waals surface area contributed by atoms with Crippen LogP contribution >= 0.6 is 0 Å². The topological polar surface area (TPSA) is 50.5 Å². The maximum Gasteiger partial charge on any atom is 0.0651 e. The number of ether oxygens (including phenoxy) is 1. The number of hydrogen-bond donors (Lipinski definition) is 2. The summed E-state index contributed by atoms with van der Waals surface area (Å²) in [5, 5.41) is 0. The van der Waals surface area contributed by atoms with Crippen LogP contribution in [0, 0.1) is 0 Å². The van der Waals surface area contributed by atoms with Gasteiger partial charge in [-0.3, -0.25) is 11.3 Å². The van der Waals surface area contributed by atoms with Gasteiger partial charge in [0.25, 0.3) is 0 Å². The molecule has 0 saturated heterocycles. The van der Waals surface area contributed by atoms with E-state index >= 15 is 0 Å². The second-order valence-corrected chi connectivity index (χ2v) is 5.29. The Hall–Kier alpha value is -0.160. The molecule has 0 aromatic carbocycles. The number of hydrazine groups is 1. The van der Waals surface area contributed by atoms with E-state index in [4.69, 9.17) is 10.6 Å². The first-order valence-electron chi connectivity index (χ1n) is 6.88. The number of nitrogens with zero attached hydrogens (tertiary/aromatic N) is 1. The Labute approximate surface area is 106 Å². The number of hydrogen-bond acceptors (Lipinski definition) is 4. The third-order valence-electron chi connectivity index (χ3n) is 4.20. The van der Waals surface area contributed by atoms with Gasteiger partial charge in [0, 0.05) is 12.1 Å². The van der Waals surface area contributed by atoms with E-state index in [9.17, 15) is 0 Å². The molecule has 1 aliphatic carbocycles. The third-order valence-corrected chi connectivity index (χ3v) is 4.20. The molecule has 4 heteroatoms. The van der Waals surface area contributed by atoms with Crippen molar-refractivity contribution in [1.29, 1.82) is 0 Å². The van der Waals surface area contributed by atoms with E-state index in [1.165, 1.54) is 38.5 Å². The van der Waals surface area contributed by atoms with Crippen molar-refractivity contribution in [3.63, 3.8) is 0 Å². The van der Waals surface area contributed by atoms with Crippen LogP contribution in [-0.2, 0) is 4.74 Å². The number of nitrogens with two attached hydrogens (primary N) is 1. The third kappa shape index (κ3) is 3.65. The van der Waals surface area contributed by atoms with Gasteiger partial charge in [-0.15, -0.1) is 0 Å². The van der Waals surface area contributed by atoms with Crippen LogP contribution in [-0.4, -0.2) is 43.8 Å². The second kappa shape index (κ2) is 7.31. The van der Waals surface area contributed by atoms with Crippen molar-refractivity contribution in [3.8, 4) is 0 Å². The smallest absolute Gasteiger partial charge is 0.0651 e. The monoisotopic (exact) mass is 243 g/mol. The van der Waals surface area contributed by atoms with Gasteiger partial charge >= 0.3 is 0 Å². The summed E-state index contributed by atoms with van der Waals surface area (Å²) in [5.74, 6) is 5.76. The quantitative estimate of drug-likeness (QED) is 0.422. The molecule has 1 saturated carbocycles. The summed E-state index contributed by atoms with van der Waals surface area (Å²) in [6.45, 7) is 3.48. The van der Waals surface area contributed by atoms with Gasteiger partial charge in [0.2, 0.25) is 0 Å². The fraction of sp³-hybridized carbons (Fsp3) is 1.00. The van der Waals surface area contributed by atoms with E-state index in [1.54, 1.807) is 0 Å². The van der Waals surface area contributed by atoms with Crippen LogP contribution in [0.4, 0.5) is 0 Å². The van der Waals surface area contributed by atoms with E-state index in [0.717, 1.165) is 6.61 Å². The zero-order valence-corrected chi connectivity index (χ0v) is 11.7. The Bertz CT molecular complexity index is 201. The number of likely N-dealkylation sites (N-methyl/N-ethyl adjacent to an activating group) is 1. The maximum atomic E-state index is 5.76. The highest BCUT2D eigenvalue weighted by Crippen LogP contribution is 2.34. The lowest BCUT2D eigenvalue weighted by atomic mass is 9.82. The van der Waals surface area contributed by atoms with Crippen LogP contribution in [0.5, 0.6) is 0 Å². The largest absolute Gasteiger partial charge is 0.380 e. The molecule has 102 valence electrons. The summed E-state index contributed by atoms with van der Waals surface area (Å²) < 4.78 is 5.59. The standard InChI is InChI=1S/C13H29N3O/c1-4-17-11-12(15-14)13(16(2)3)9-7-5-6-8-10-13/h12,15H,4-11,14H2,1-3H3. The molecule has 17 heavy (non-hydrogen) atoms. The molecule has 0 aliphatic heterocycles. The predicted octanol–water partition coefficient (Wildman–Crippen LogP) is 1.51. The van der Waals surface area contributed by atoms with Crippen LogP contribution in [0.25, 0.3) is 0 Å². The van der Waals surface area contributed by atoms with E-state index in [-0.39, 0.29) is 11.6 Å². The van der Waals surface area contributed by atoms with Crippen LogP contribution in [0.3, 0.4) is 0 Å². The molecule has 1 rings (SSSR count). The van der Waals surface area contributed by atoms with E-state index in [2.05, 4.69) is 24.4 Å². The molecule has 0 aromatic heterocycles. The van der Waals surface area contributed by atoms with Crippen molar-refractivity contribution in [2.45, 2.75) is 57.0 Å². The summed E-state index contributed by atoms with van der Waals surface area (Å²) in [7, 11) is 4.34. The molecule has 1 unspecified atom stereocenters. The lowest BCUT2D eigenvalue weighted by Crippen LogP contribution is -2.62. The minimum absolute atomic E-state index is 0.153. The molecule has 0 amide bonds. The van der Waals surface area contributed by atoms with Gasteiger partial charge in [0.15, 0.2) is 0 Å². The molecule has 0 heterocycles. The second-order valence-electron chi connectivity index (χ2n) is 5.29. The molecule has 0 aromatic rings. The van der Waals surface area contributed by atoms with Crippen molar-refractivity contribution >= 4 is 0 Å². The van der Waals surface area contributed by atoms with Gasteiger partial charge in [-0.2, -0.15) is 0 Å². The summed E-state index contributed by atoms with van der Waals surface area (Å²) in [4.78, 5) is 2.35. The van der Waals surface area contributed by atoms with Crippen molar-refractivity contribution in [2.75, 3.05) is 27.3 Å². The van der Waals surface area contributed by atoms with E-state index < -0.39 is 0 Å². The summed E-state index contributed by atoms with van der Waals surface area (Å²) in [6.07, 6.45) is 7.71. The van der Waals surface area contributed by atoms with Crippen LogP contribution in [0.15, 0.2) is 0 Å². The lowest BCUT2D eigenvalue weighted by molar-refractivity contribution is 0.0237.